The van der Waals surface area contributed by atoms with Crippen molar-refractivity contribution in [3.05, 3.63) is 70.3 Å². The number of nitrogens with zero attached hydrogens (tertiary/aromatic N) is 2. The Morgan fingerprint density at radius 3 is 2.21 bits per heavy atom. The normalized spacial score (nSPS) is 16.9. The highest BCUT2D eigenvalue weighted by Gasteiger charge is 2.38. The Morgan fingerprint density at radius 1 is 1.00 bits per heavy atom. The zero-order valence-corrected chi connectivity index (χ0v) is 25.7. The van der Waals surface area contributed by atoms with Gasteiger partial charge in [0.25, 0.3) is 5.91 Å². The summed E-state index contributed by atoms with van der Waals surface area (Å²) < 4.78 is 28.1. The van der Waals surface area contributed by atoms with Gasteiger partial charge in [-0.15, -0.1) is 0 Å². The molecule has 1 N–H and O–H groups in total. The first-order valence-corrected chi connectivity index (χ1v) is 15.3. The second-order valence-electron chi connectivity index (χ2n) is 12.2. The fourth-order valence-corrected chi connectivity index (χ4v) is 6.04. The number of hydrogen-bond acceptors (Lipinski definition) is 4. The number of ketones is 1. The van der Waals surface area contributed by atoms with Crippen molar-refractivity contribution < 1.29 is 28.3 Å². The number of carbonyl (C=O) groups is 3. The third kappa shape index (κ3) is 8.93. The molecule has 42 heavy (non-hydrogen) atoms. The number of likely N-dealkylation sites (tertiary alicyclic amines) is 1. The number of aryl methyl sites for hydroxylation is 1. The summed E-state index contributed by atoms with van der Waals surface area (Å²) in [6.07, 6.45) is 1.54. The first-order valence-electron chi connectivity index (χ1n) is 15.3. The monoisotopic (exact) mass is 584 g/mol. The molecule has 1 aliphatic rings. The Morgan fingerprint density at radius 2 is 1.62 bits per heavy atom. The zero-order valence-electron chi connectivity index (χ0n) is 25.7. The summed E-state index contributed by atoms with van der Waals surface area (Å²) in [5.41, 5.74) is 1.83. The minimum absolute atomic E-state index is 0.0218. The predicted molar refractivity (Wildman–Crippen MR) is 160 cm³/mol. The molecule has 0 aliphatic carbocycles. The smallest absolute Gasteiger partial charge is 0.253 e. The number of aliphatic hydroxyl groups excluding tert-OH is 1. The van der Waals surface area contributed by atoms with Crippen LogP contribution in [-0.4, -0.2) is 64.8 Å². The molecule has 3 rings (SSSR count). The number of aliphatic hydroxyl groups is 1. The van der Waals surface area contributed by atoms with E-state index >= 15 is 0 Å². The molecule has 0 bridgehead atoms. The Balaban J connectivity index is 1.92. The van der Waals surface area contributed by atoms with Crippen molar-refractivity contribution in [1.82, 2.24) is 9.80 Å². The van der Waals surface area contributed by atoms with Gasteiger partial charge in [0.05, 0.1) is 12.0 Å². The Bertz CT molecular complexity index is 1220. The van der Waals surface area contributed by atoms with E-state index in [0.717, 1.165) is 30.9 Å². The third-order valence-corrected chi connectivity index (χ3v) is 7.84. The fourth-order valence-electron chi connectivity index (χ4n) is 6.04. The molecule has 1 fully saturated rings. The number of benzene rings is 2. The molecule has 0 aromatic heterocycles. The second kappa shape index (κ2) is 15.4. The average Bonchev–Trinajstić information content (AvgIpc) is 2.91. The lowest BCUT2D eigenvalue weighted by atomic mass is 9.78. The van der Waals surface area contributed by atoms with Gasteiger partial charge < -0.3 is 14.9 Å². The summed E-state index contributed by atoms with van der Waals surface area (Å²) in [5, 5.41) is 11.6. The fraction of sp³-hybridized carbons (Fsp3) is 0.559. The molecule has 0 spiro atoms. The van der Waals surface area contributed by atoms with Crippen LogP contribution in [0, 0.1) is 36.3 Å². The number of carbonyl (C=O) groups excluding carboxylic acids is 3. The summed E-state index contributed by atoms with van der Waals surface area (Å²) in [6, 6.07) is 8.24. The van der Waals surface area contributed by atoms with Gasteiger partial charge in [-0.3, -0.25) is 14.4 Å². The lowest BCUT2D eigenvalue weighted by Gasteiger charge is -2.37. The van der Waals surface area contributed by atoms with Crippen LogP contribution in [0.1, 0.15) is 91.6 Å². The largest absolute Gasteiger partial charge is 0.392 e. The van der Waals surface area contributed by atoms with Crippen molar-refractivity contribution in [2.24, 2.45) is 17.8 Å². The summed E-state index contributed by atoms with van der Waals surface area (Å²) in [5.74, 6) is -3.28. The van der Waals surface area contributed by atoms with Crippen molar-refractivity contribution >= 4 is 17.6 Å². The minimum atomic E-state index is -1.18. The molecule has 0 radical (unpaired) electrons. The molecule has 1 saturated heterocycles. The number of piperidine rings is 1. The molecular formula is C34H46F2N2O4. The molecular weight excluding hydrogens is 538 g/mol. The Kier molecular flexibility index (Phi) is 12.2. The van der Waals surface area contributed by atoms with Crippen molar-refractivity contribution in [2.75, 3.05) is 26.2 Å². The number of Topliss-reactive ketones (excluding diaryl/α,β-unsaturated/α-hetero) is 1. The van der Waals surface area contributed by atoms with Crippen LogP contribution in [0.4, 0.5) is 8.78 Å². The molecule has 2 aromatic rings. The van der Waals surface area contributed by atoms with Gasteiger partial charge in [0.1, 0.15) is 11.6 Å². The van der Waals surface area contributed by atoms with Crippen molar-refractivity contribution in [3.63, 3.8) is 0 Å². The van der Waals surface area contributed by atoms with E-state index in [1.807, 2.05) is 34.6 Å². The standard InChI is InChI=1S/C34H46F2N2O4/c1-6-10-37(11-7-2)33(41)27-14-23(5)13-25(18-27)31(39)19-26(15-24-16-28(35)20-29(36)17-24)32(40)30-9-8-12-38(34(30)42)21-22(3)4/h13-14,16-18,20,22,26,30,32,40H,6-12,15,19,21H2,1-5H3/t26-,30+,32+/m1/s1. The quantitative estimate of drug-likeness (QED) is 0.268. The first kappa shape index (κ1) is 33.4. The third-order valence-electron chi connectivity index (χ3n) is 7.84. The van der Waals surface area contributed by atoms with Crippen LogP contribution >= 0.6 is 0 Å². The molecule has 3 atom stereocenters. The van der Waals surface area contributed by atoms with E-state index in [4.69, 9.17) is 0 Å². The second-order valence-corrected chi connectivity index (χ2v) is 12.2. The summed E-state index contributed by atoms with van der Waals surface area (Å²) in [4.78, 5) is 43.9. The van der Waals surface area contributed by atoms with Gasteiger partial charge in [0, 0.05) is 49.8 Å². The van der Waals surface area contributed by atoms with Crippen LogP contribution in [0.2, 0.25) is 0 Å². The highest BCUT2D eigenvalue weighted by Crippen LogP contribution is 2.31. The highest BCUT2D eigenvalue weighted by molar-refractivity contribution is 6.01. The predicted octanol–water partition coefficient (Wildman–Crippen LogP) is 6.22. The van der Waals surface area contributed by atoms with Crippen molar-refractivity contribution in [3.8, 4) is 0 Å². The minimum Gasteiger partial charge on any atom is -0.392 e. The van der Waals surface area contributed by atoms with E-state index in [9.17, 15) is 28.3 Å². The molecule has 2 amide bonds. The number of halogens is 2. The van der Waals surface area contributed by atoms with Crippen LogP contribution in [0.15, 0.2) is 36.4 Å². The lowest BCUT2D eigenvalue weighted by molar-refractivity contribution is -0.145. The molecule has 0 saturated carbocycles. The Hall–Kier alpha value is -3.13. The molecule has 0 unspecified atom stereocenters. The number of amides is 2. The lowest BCUT2D eigenvalue weighted by Crippen LogP contribution is -2.49. The maximum atomic E-state index is 14.1. The summed E-state index contributed by atoms with van der Waals surface area (Å²) >= 11 is 0. The van der Waals surface area contributed by atoms with Gasteiger partial charge in [0.15, 0.2) is 5.78 Å². The zero-order chi connectivity index (χ0) is 31.0. The van der Waals surface area contributed by atoms with E-state index in [2.05, 4.69) is 0 Å². The van der Waals surface area contributed by atoms with Crippen molar-refractivity contribution in [2.45, 2.75) is 79.2 Å². The van der Waals surface area contributed by atoms with Crippen LogP contribution in [0.5, 0.6) is 0 Å². The average molecular weight is 585 g/mol. The first-order chi connectivity index (χ1) is 19.9. The maximum Gasteiger partial charge on any atom is 0.253 e. The van der Waals surface area contributed by atoms with E-state index in [1.54, 1.807) is 28.0 Å². The highest BCUT2D eigenvalue weighted by atomic mass is 19.1. The van der Waals surface area contributed by atoms with E-state index < -0.39 is 29.6 Å². The van der Waals surface area contributed by atoms with Gasteiger partial charge in [-0.05, 0) is 92.3 Å². The van der Waals surface area contributed by atoms with E-state index in [-0.39, 0.29) is 36.4 Å². The summed E-state index contributed by atoms with van der Waals surface area (Å²) in [7, 11) is 0. The molecule has 1 heterocycles. The molecule has 6 nitrogen and oxygen atoms in total. The van der Waals surface area contributed by atoms with Crippen molar-refractivity contribution in [1.29, 1.82) is 0 Å². The van der Waals surface area contributed by atoms with Crippen LogP contribution in [0.25, 0.3) is 0 Å². The molecule has 1 aliphatic heterocycles. The van der Waals surface area contributed by atoms with E-state index in [0.29, 0.717) is 49.3 Å². The Labute approximate surface area is 249 Å². The van der Waals surface area contributed by atoms with Gasteiger partial charge >= 0.3 is 0 Å². The van der Waals surface area contributed by atoms with Gasteiger partial charge in [0.2, 0.25) is 5.91 Å². The molecule has 230 valence electrons. The number of hydrogen-bond donors (Lipinski definition) is 1. The maximum absolute atomic E-state index is 14.1. The topological polar surface area (TPSA) is 77.9 Å². The number of rotatable bonds is 14. The van der Waals surface area contributed by atoms with Gasteiger partial charge in [-0.25, -0.2) is 8.78 Å². The van der Waals surface area contributed by atoms with Crippen LogP contribution in [0.3, 0.4) is 0 Å². The summed E-state index contributed by atoms with van der Waals surface area (Å²) in [6.45, 7) is 12.3. The molecule has 2 aromatic carbocycles. The van der Waals surface area contributed by atoms with E-state index in [1.165, 1.54) is 12.1 Å². The SMILES string of the molecule is CCCN(CCC)C(=O)c1cc(C)cc(C(=O)C[C@@H](Cc2cc(F)cc(F)c2)[C@H](O)[C@@H]2CCCN(CC(C)C)C2=O)c1. The molecule has 8 heteroatoms. The van der Waals surface area contributed by atoms with Gasteiger partial charge in [-0.1, -0.05) is 27.7 Å². The van der Waals surface area contributed by atoms with Crippen LogP contribution < -0.4 is 0 Å². The van der Waals surface area contributed by atoms with Crippen LogP contribution in [-0.2, 0) is 11.2 Å². The van der Waals surface area contributed by atoms with Gasteiger partial charge in [-0.2, -0.15) is 0 Å².